The van der Waals surface area contributed by atoms with Gasteiger partial charge in [0.2, 0.25) is 0 Å². The van der Waals surface area contributed by atoms with Gasteiger partial charge in [-0.2, -0.15) is 0 Å². The zero-order chi connectivity index (χ0) is 13.0. The quantitative estimate of drug-likeness (QED) is 0.805. The maximum atomic E-state index is 6.04. The number of hydrogen-bond donors (Lipinski definition) is 2. The summed E-state index contributed by atoms with van der Waals surface area (Å²) in [6.45, 7) is 3.16. The van der Waals surface area contributed by atoms with E-state index in [0.717, 1.165) is 23.5 Å². The lowest BCUT2D eigenvalue weighted by Gasteiger charge is -2.35. The summed E-state index contributed by atoms with van der Waals surface area (Å²) in [4.78, 5) is 0. The molecule has 0 radical (unpaired) electrons. The highest BCUT2D eigenvalue weighted by Gasteiger charge is 2.25. The Labute approximate surface area is 110 Å². The summed E-state index contributed by atoms with van der Waals surface area (Å²) in [5.74, 6) is 0.820. The van der Waals surface area contributed by atoms with Crippen molar-refractivity contribution in [2.24, 2.45) is 0 Å². The number of rotatable bonds is 4. The van der Waals surface area contributed by atoms with Crippen molar-refractivity contribution in [3.63, 3.8) is 0 Å². The van der Waals surface area contributed by atoms with Gasteiger partial charge in [-0.15, -0.1) is 0 Å². The molecule has 3 heteroatoms. The van der Waals surface area contributed by atoms with Crippen molar-refractivity contribution >= 4 is 5.69 Å². The number of methoxy groups -OCH3 is 1. The van der Waals surface area contributed by atoms with E-state index < -0.39 is 0 Å². The molecule has 0 unspecified atom stereocenters. The van der Waals surface area contributed by atoms with E-state index in [2.05, 4.69) is 12.2 Å². The van der Waals surface area contributed by atoms with Crippen molar-refractivity contribution in [2.45, 2.75) is 51.1 Å². The minimum absolute atomic E-state index is 0.282. The van der Waals surface area contributed by atoms with Gasteiger partial charge < -0.3 is 15.8 Å². The highest BCUT2D eigenvalue weighted by Crippen LogP contribution is 2.28. The molecule has 0 aromatic heterocycles. The zero-order valence-electron chi connectivity index (χ0n) is 11.5. The third kappa shape index (κ3) is 3.16. The molecule has 3 nitrogen and oxygen atoms in total. The van der Waals surface area contributed by atoms with Crippen LogP contribution < -0.4 is 15.8 Å². The third-order valence-corrected chi connectivity index (χ3v) is 4.02. The van der Waals surface area contributed by atoms with Crippen LogP contribution in [0.3, 0.4) is 0 Å². The highest BCUT2D eigenvalue weighted by atomic mass is 16.5. The van der Waals surface area contributed by atoms with Crippen LogP contribution in [0.2, 0.25) is 0 Å². The molecule has 1 aliphatic rings. The third-order valence-electron chi connectivity index (χ3n) is 4.02. The fourth-order valence-corrected chi connectivity index (χ4v) is 2.68. The topological polar surface area (TPSA) is 47.3 Å². The van der Waals surface area contributed by atoms with E-state index in [0.29, 0.717) is 0 Å². The Morgan fingerprint density at radius 3 is 2.61 bits per heavy atom. The van der Waals surface area contributed by atoms with Gasteiger partial charge in [0.05, 0.1) is 7.11 Å². The smallest absolute Gasteiger partial charge is 0.120 e. The molecule has 3 N–H and O–H groups in total. The second kappa shape index (κ2) is 5.61. The summed E-state index contributed by atoms with van der Waals surface area (Å²) in [6, 6.07) is 5.91. The number of anilines is 1. The Balaban J connectivity index is 1.97. The molecule has 1 aromatic rings. The number of nitrogens with two attached hydrogens (primary N) is 1. The Kier molecular flexibility index (Phi) is 4.12. The summed E-state index contributed by atoms with van der Waals surface area (Å²) >= 11 is 0. The van der Waals surface area contributed by atoms with E-state index >= 15 is 0 Å². The van der Waals surface area contributed by atoms with E-state index in [1.54, 1.807) is 7.11 Å². The van der Waals surface area contributed by atoms with Gasteiger partial charge in [0.1, 0.15) is 5.75 Å². The minimum Gasteiger partial charge on any atom is -0.497 e. The van der Waals surface area contributed by atoms with Crippen LogP contribution in [0.25, 0.3) is 0 Å². The average Bonchev–Trinajstić information content (AvgIpc) is 2.38. The van der Waals surface area contributed by atoms with Crippen molar-refractivity contribution in [3.8, 4) is 5.75 Å². The lowest BCUT2D eigenvalue weighted by atomic mass is 9.83. The molecule has 0 bridgehead atoms. The van der Waals surface area contributed by atoms with Gasteiger partial charge in [-0.25, -0.2) is 0 Å². The number of ether oxygens (including phenoxy) is 1. The number of hydrogen-bond acceptors (Lipinski definition) is 3. The fraction of sp³-hybridized carbons (Fsp3) is 0.600. The lowest BCUT2D eigenvalue weighted by Crippen LogP contribution is -2.43. The van der Waals surface area contributed by atoms with Gasteiger partial charge >= 0.3 is 0 Å². The maximum Gasteiger partial charge on any atom is 0.120 e. The van der Waals surface area contributed by atoms with Crippen LogP contribution in [0.15, 0.2) is 18.2 Å². The Hall–Kier alpha value is -1.22. The first kappa shape index (κ1) is 13.2. The maximum absolute atomic E-state index is 6.04. The lowest BCUT2D eigenvalue weighted by molar-refractivity contribution is 0.252. The van der Waals surface area contributed by atoms with Gasteiger partial charge in [-0.3, -0.25) is 0 Å². The summed E-state index contributed by atoms with van der Waals surface area (Å²) in [6.07, 6.45) is 6.58. The van der Waals surface area contributed by atoms with Gasteiger partial charge in [0.15, 0.2) is 0 Å². The van der Waals surface area contributed by atoms with Crippen molar-refractivity contribution in [1.29, 1.82) is 0 Å². The molecule has 1 fully saturated rings. The molecule has 100 valence electrons. The minimum atomic E-state index is 0.282. The first-order chi connectivity index (χ1) is 8.63. The molecular weight excluding hydrogens is 224 g/mol. The molecule has 2 rings (SSSR count). The Morgan fingerprint density at radius 2 is 2.00 bits per heavy atom. The molecular formula is C15H24N2O. The second-order valence-electron chi connectivity index (χ2n) is 5.54. The largest absolute Gasteiger partial charge is 0.497 e. The number of nitrogen functional groups attached to an aromatic ring is 1. The van der Waals surface area contributed by atoms with E-state index in [9.17, 15) is 0 Å². The molecule has 18 heavy (non-hydrogen) atoms. The highest BCUT2D eigenvalue weighted by molar-refractivity contribution is 5.51. The Morgan fingerprint density at radius 1 is 1.28 bits per heavy atom. The van der Waals surface area contributed by atoms with E-state index in [1.165, 1.54) is 32.1 Å². The van der Waals surface area contributed by atoms with Crippen LogP contribution in [-0.4, -0.2) is 12.6 Å². The van der Waals surface area contributed by atoms with Gasteiger partial charge in [0, 0.05) is 23.8 Å². The van der Waals surface area contributed by atoms with Crippen LogP contribution in [0.4, 0.5) is 5.69 Å². The van der Waals surface area contributed by atoms with E-state index in [4.69, 9.17) is 10.5 Å². The monoisotopic (exact) mass is 248 g/mol. The van der Waals surface area contributed by atoms with E-state index in [-0.39, 0.29) is 5.54 Å². The Bertz CT molecular complexity index is 397. The normalized spacial score (nSPS) is 18.6. The van der Waals surface area contributed by atoms with Crippen molar-refractivity contribution in [3.05, 3.63) is 23.8 Å². The van der Waals surface area contributed by atoms with Gasteiger partial charge in [-0.05, 0) is 31.4 Å². The van der Waals surface area contributed by atoms with Crippen LogP contribution in [0.1, 0.15) is 44.6 Å². The molecule has 0 aliphatic heterocycles. The summed E-state index contributed by atoms with van der Waals surface area (Å²) in [5.41, 5.74) is 8.28. The molecule has 1 aliphatic carbocycles. The SMILES string of the molecule is COc1ccc(CNC2(C)CCCCC2)c(N)c1. The molecule has 0 saturated heterocycles. The molecule has 0 amide bonds. The van der Waals surface area contributed by atoms with E-state index in [1.807, 2.05) is 18.2 Å². The summed E-state index contributed by atoms with van der Waals surface area (Å²) < 4.78 is 5.16. The number of benzene rings is 1. The molecule has 0 atom stereocenters. The average molecular weight is 248 g/mol. The van der Waals surface area contributed by atoms with Crippen molar-refractivity contribution < 1.29 is 4.74 Å². The predicted molar refractivity (Wildman–Crippen MR) is 75.7 cm³/mol. The summed E-state index contributed by atoms with van der Waals surface area (Å²) in [5, 5.41) is 3.67. The molecule has 0 heterocycles. The second-order valence-corrected chi connectivity index (χ2v) is 5.54. The van der Waals surface area contributed by atoms with Gasteiger partial charge in [0.25, 0.3) is 0 Å². The summed E-state index contributed by atoms with van der Waals surface area (Å²) in [7, 11) is 1.66. The number of nitrogens with one attached hydrogen (secondary N) is 1. The zero-order valence-corrected chi connectivity index (χ0v) is 11.5. The standard InChI is InChI=1S/C15H24N2O/c1-15(8-4-3-5-9-15)17-11-12-6-7-13(18-2)10-14(12)16/h6-7,10,17H,3-5,8-9,11,16H2,1-2H3. The van der Waals surface area contributed by atoms with Crippen molar-refractivity contribution in [1.82, 2.24) is 5.32 Å². The van der Waals surface area contributed by atoms with Crippen molar-refractivity contribution in [2.75, 3.05) is 12.8 Å². The fourth-order valence-electron chi connectivity index (χ4n) is 2.68. The molecule has 1 aromatic carbocycles. The molecule has 0 spiro atoms. The van der Waals surface area contributed by atoms with Crippen LogP contribution in [0, 0.1) is 0 Å². The van der Waals surface area contributed by atoms with Gasteiger partial charge in [-0.1, -0.05) is 25.3 Å². The first-order valence-corrected chi connectivity index (χ1v) is 6.80. The van der Waals surface area contributed by atoms with Crippen LogP contribution in [-0.2, 0) is 6.54 Å². The predicted octanol–water partition coefficient (Wildman–Crippen LogP) is 3.09. The van der Waals surface area contributed by atoms with Crippen LogP contribution in [0.5, 0.6) is 5.75 Å². The first-order valence-electron chi connectivity index (χ1n) is 6.80. The molecule has 1 saturated carbocycles. The van der Waals surface area contributed by atoms with Crippen LogP contribution >= 0.6 is 0 Å².